The van der Waals surface area contributed by atoms with E-state index in [0.29, 0.717) is 13.0 Å². The van der Waals surface area contributed by atoms with E-state index >= 15 is 0 Å². The van der Waals surface area contributed by atoms with Gasteiger partial charge in [-0.1, -0.05) is 6.42 Å². The Kier molecular flexibility index (Phi) is 6.30. The second-order valence-electron chi connectivity index (χ2n) is 3.96. The quantitative estimate of drug-likeness (QED) is 0.705. The van der Waals surface area contributed by atoms with Crippen LogP contribution in [0.5, 0.6) is 0 Å². The van der Waals surface area contributed by atoms with E-state index in [9.17, 15) is 9.59 Å². The molecule has 0 aromatic rings. The van der Waals surface area contributed by atoms with Gasteiger partial charge in [-0.3, -0.25) is 9.59 Å². The molecule has 0 unspecified atom stereocenters. The Hall–Kier alpha value is -0.710. The van der Waals surface area contributed by atoms with Gasteiger partial charge in [0, 0.05) is 19.5 Å². The Morgan fingerprint density at radius 2 is 2.12 bits per heavy atom. The molecule has 0 aromatic heterocycles. The zero-order chi connectivity index (χ0) is 11.8. The summed E-state index contributed by atoms with van der Waals surface area (Å²) in [4.78, 5) is 24.5. The van der Waals surface area contributed by atoms with Crippen LogP contribution in [0.1, 0.15) is 25.7 Å². The first-order valence-corrected chi connectivity index (χ1v) is 7.17. The Morgan fingerprint density at radius 3 is 2.88 bits per heavy atom. The molecule has 5 heteroatoms. The lowest BCUT2D eigenvalue weighted by atomic mass is 10.2. The highest BCUT2D eigenvalue weighted by Gasteiger charge is 2.18. The Morgan fingerprint density at radius 1 is 1.31 bits per heavy atom. The second kappa shape index (κ2) is 7.54. The van der Waals surface area contributed by atoms with E-state index < -0.39 is 0 Å². The van der Waals surface area contributed by atoms with Crippen LogP contribution in [0.4, 0.5) is 0 Å². The summed E-state index contributed by atoms with van der Waals surface area (Å²) in [6.45, 7) is 1.54. The summed E-state index contributed by atoms with van der Waals surface area (Å²) in [5.41, 5.74) is 0. The third kappa shape index (κ3) is 4.88. The van der Waals surface area contributed by atoms with Gasteiger partial charge in [0.05, 0.1) is 6.54 Å². The molecule has 1 aliphatic rings. The van der Waals surface area contributed by atoms with E-state index in [1.807, 2.05) is 11.8 Å². The third-order valence-electron chi connectivity index (χ3n) is 2.67. The van der Waals surface area contributed by atoms with Gasteiger partial charge < -0.3 is 10.2 Å². The molecule has 0 saturated carbocycles. The van der Waals surface area contributed by atoms with Crippen LogP contribution >= 0.6 is 11.8 Å². The number of amides is 2. The second-order valence-corrected chi connectivity index (χ2v) is 4.95. The molecule has 0 spiro atoms. The van der Waals surface area contributed by atoms with Crippen molar-refractivity contribution in [2.75, 3.05) is 31.6 Å². The van der Waals surface area contributed by atoms with Crippen molar-refractivity contribution in [1.29, 1.82) is 0 Å². The number of rotatable bonds is 6. The molecule has 1 rings (SSSR count). The molecular weight excluding hydrogens is 224 g/mol. The smallest absolute Gasteiger partial charge is 0.241 e. The molecule has 0 bridgehead atoms. The lowest BCUT2D eigenvalue weighted by Gasteiger charge is -2.19. The van der Waals surface area contributed by atoms with E-state index in [4.69, 9.17) is 0 Å². The fraction of sp³-hybridized carbons (Fsp3) is 0.818. The number of unbranched alkanes of at least 4 members (excludes halogenated alkanes) is 2. The average molecular weight is 244 g/mol. The highest BCUT2D eigenvalue weighted by atomic mass is 32.2. The van der Waals surface area contributed by atoms with Gasteiger partial charge in [-0.25, -0.2) is 0 Å². The number of thioether (sulfide) groups is 1. The number of nitrogens with zero attached hydrogens (tertiary/aromatic N) is 1. The van der Waals surface area contributed by atoms with Crippen molar-refractivity contribution >= 4 is 23.6 Å². The first-order chi connectivity index (χ1) is 7.74. The van der Waals surface area contributed by atoms with Crippen molar-refractivity contribution < 1.29 is 9.59 Å². The van der Waals surface area contributed by atoms with Gasteiger partial charge in [-0.2, -0.15) is 11.8 Å². The minimum Gasteiger partial charge on any atom is -0.347 e. The van der Waals surface area contributed by atoms with Crippen LogP contribution in [0.25, 0.3) is 0 Å². The number of hydrogen-bond donors (Lipinski definition) is 1. The van der Waals surface area contributed by atoms with E-state index in [1.165, 1.54) is 12.2 Å². The van der Waals surface area contributed by atoms with Crippen molar-refractivity contribution in [2.24, 2.45) is 0 Å². The maximum absolute atomic E-state index is 11.6. The maximum Gasteiger partial charge on any atom is 0.241 e. The molecule has 0 aromatic carbocycles. The molecule has 2 amide bonds. The molecule has 0 aliphatic carbocycles. The van der Waals surface area contributed by atoms with Crippen LogP contribution in [0.3, 0.4) is 0 Å². The number of nitrogens with one attached hydrogen (secondary N) is 1. The molecule has 4 nitrogen and oxygen atoms in total. The summed E-state index contributed by atoms with van der Waals surface area (Å²) in [6, 6.07) is 0. The fourth-order valence-electron chi connectivity index (χ4n) is 1.70. The Labute approximate surface area is 101 Å². The summed E-state index contributed by atoms with van der Waals surface area (Å²) in [7, 11) is 0. The standard InChI is InChI=1S/C11H20N2O2S/c1-16-8-4-2-3-6-13-7-5-10(14)12-9-11(13)15/h2-9H2,1H3,(H,12,14). The number of carbonyl (C=O) groups is 2. The van der Waals surface area contributed by atoms with Crippen LogP contribution in [-0.2, 0) is 9.59 Å². The van der Waals surface area contributed by atoms with Crippen molar-refractivity contribution in [3.8, 4) is 0 Å². The highest BCUT2D eigenvalue weighted by molar-refractivity contribution is 7.98. The number of carbonyl (C=O) groups excluding carboxylic acids is 2. The van der Waals surface area contributed by atoms with Gasteiger partial charge in [0.15, 0.2) is 0 Å². The molecule has 1 fully saturated rings. The first kappa shape index (κ1) is 13.4. The lowest BCUT2D eigenvalue weighted by Crippen LogP contribution is -2.35. The largest absolute Gasteiger partial charge is 0.347 e. The van der Waals surface area contributed by atoms with Gasteiger partial charge in [-0.05, 0) is 24.9 Å². The van der Waals surface area contributed by atoms with Gasteiger partial charge >= 0.3 is 0 Å². The number of hydrogen-bond acceptors (Lipinski definition) is 3. The topological polar surface area (TPSA) is 49.4 Å². The van der Waals surface area contributed by atoms with Crippen molar-refractivity contribution in [3.05, 3.63) is 0 Å². The third-order valence-corrected chi connectivity index (χ3v) is 3.37. The average Bonchev–Trinajstić information content (AvgIpc) is 2.43. The maximum atomic E-state index is 11.6. The van der Waals surface area contributed by atoms with Crippen LogP contribution in [-0.4, -0.2) is 48.4 Å². The van der Waals surface area contributed by atoms with Gasteiger partial charge in [-0.15, -0.1) is 0 Å². The van der Waals surface area contributed by atoms with Crippen molar-refractivity contribution in [2.45, 2.75) is 25.7 Å². The molecule has 1 N–H and O–H groups in total. The molecule has 1 saturated heterocycles. The summed E-state index contributed by atoms with van der Waals surface area (Å²) in [6.07, 6.45) is 5.96. The first-order valence-electron chi connectivity index (χ1n) is 5.77. The molecule has 0 radical (unpaired) electrons. The van der Waals surface area contributed by atoms with E-state index in [0.717, 1.165) is 19.4 Å². The van der Waals surface area contributed by atoms with E-state index in [2.05, 4.69) is 11.6 Å². The zero-order valence-corrected chi connectivity index (χ0v) is 10.6. The minimum absolute atomic E-state index is 0.0155. The summed E-state index contributed by atoms with van der Waals surface area (Å²) >= 11 is 1.86. The van der Waals surface area contributed by atoms with Crippen LogP contribution < -0.4 is 5.32 Å². The van der Waals surface area contributed by atoms with E-state index in [-0.39, 0.29) is 18.4 Å². The van der Waals surface area contributed by atoms with Crippen LogP contribution in [0.2, 0.25) is 0 Å². The van der Waals surface area contributed by atoms with Gasteiger partial charge in [0.1, 0.15) is 0 Å². The summed E-state index contributed by atoms with van der Waals surface area (Å²) in [5, 5.41) is 2.60. The van der Waals surface area contributed by atoms with Crippen molar-refractivity contribution in [1.82, 2.24) is 10.2 Å². The molecule has 16 heavy (non-hydrogen) atoms. The van der Waals surface area contributed by atoms with E-state index in [1.54, 1.807) is 4.90 Å². The molecular formula is C11H20N2O2S. The van der Waals surface area contributed by atoms with Gasteiger partial charge in [0.25, 0.3) is 0 Å². The minimum atomic E-state index is -0.0155. The highest BCUT2D eigenvalue weighted by Crippen LogP contribution is 2.05. The Balaban J connectivity index is 2.19. The monoisotopic (exact) mass is 244 g/mol. The fourth-order valence-corrected chi connectivity index (χ4v) is 2.19. The lowest BCUT2D eigenvalue weighted by molar-refractivity contribution is -0.130. The zero-order valence-electron chi connectivity index (χ0n) is 9.83. The Bertz CT molecular complexity index is 246. The summed E-state index contributed by atoms with van der Waals surface area (Å²) < 4.78 is 0. The molecule has 1 heterocycles. The molecule has 0 atom stereocenters. The predicted octanol–water partition coefficient (Wildman–Crippen LogP) is 0.868. The van der Waals surface area contributed by atoms with Crippen LogP contribution in [0, 0.1) is 0 Å². The predicted molar refractivity (Wildman–Crippen MR) is 66.4 cm³/mol. The SMILES string of the molecule is CSCCCCCN1CCC(=O)NCC1=O. The molecule has 1 aliphatic heterocycles. The normalized spacial score (nSPS) is 17.2. The molecule has 92 valence electrons. The van der Waals surface area contributed by atoms with Crippen molar-refractivity contribution in [3.63, 3.8) is 0 Å². The summed E-state index contributed by atoms with van der Waals surface area (Å²) in [5.74, 6) is 1.22. The van der Waals surface area contributed by atoms with Gasteiger partial charge in [0.2, 0.25) is 11.8 Å². The van der Waals surface area contributed by atoms with Crippen LogP contribution in [0.15, 0.2) is 0 Å².